The Bertz CT molecular complexity index is 767. The summed E-state index contributed by atoms with van der Waals surface area (Å²) < 4.78 is 37.7. The highest BCUT2D eigenvalue weighted by Gasteiger charge is 2.30. The van der Waals surface area contributed by atoms with Gasteiger partial charge in [0.2, 0.25) is 0 Å². The third-order valence-electron chi connectivity index (χ3n) is 4.62. The van der Waals surface area contributed by atoms with E-state index in [1.54, 1.807) is 12.1 Å². The lowest BCUT2D eigenvalue weighted by Gasteiger charge is -2.34. The lowest BCUT2D eigenvalue weighted by Crippen LogP contribution is -2.46. The molecule has 3 rings (SSSR count). The van der Waals surface area contributed by atoms with Crippen LogP contribution < -0.4 is 10.2 Å². The molecule has 0 saturated carbocycles. The molecule has 1 N–H and O–H groups in total. The number of benzene rings is 1. The minimum atomic E-state index is -4.40. The topological polar surface area (TPSA) is 48.5 Å². The summed E-state index contributed by atoms with van der Waals surface area (Å²) in [4.78, 5) is 21.2. The van der Waals surface area contributed by atoms with Crippen molar-refractivity contribution in [3.05, 3.63) is 53.7 Å². The van der Waals surface area contributed by atoms with Gasteiger partial charge in [-0.2, -0.15) is 13.2 Å². The van der Waals surface area contributed by atoms with E-state index in [4.69, 9.17) is 0 Å². The highest BCUT2D eigenvalue weighted by atomic mass is 19.4. The molecule has 8 heteroatoms. The van der Waals surface area contributed by atoms with Gasteiger partial charge in [-0.1, -0.05) is 6.92 Å². The van der Waals surface area contributed by atoms with Crippen LogP contribution in [0.2, 0.25) is 0 Å². The van der Waals surface area contributed by atoms with E-state index < -0.39 is 17.6 Å². The second kappa shape index (κ2) is 7.96. The molecule has 0 aliphatic carbocycles. The summed E-state index contributed by atoms with van der Waals surface area (Å²) in [5.41, 5.74) is -0.103. The molecule has 1 amide bonds. The first-order chi connectivity index (χ1) is 12.9. The van der Waals surface area contributed by atoms with Crippen molar-refractivity contribution < 1.29 is 18.0 Å². The molecule has 0 unspecified atom stereocenters. The number of halogens is 3. The van der Waals surface area contributed by atoms with Crippen molar-refractivity contribution in [2.75, 3.05) is 42.9 Å². The standard InChI is InChI=1S/C19H21F3N4O/c1-2-25-9-11-26(12-10-25)17-8-3-14(13-23-17)18(27)24-16-6-4-15(5-7-16)19(20,21)22/h3-8,13H,2,9-12H2,1H3,(H,24,27). The van der Waals surface area contributed by atoms with Gasteiger partial charge in [-0.05, 0) is 42.9 Å². The molecule has 2 heterocycles. The number of pyridine rings is 1. The van der Waals surface area contributed by atoms with E-state index in [1.165, 1.54) is 18.3 Å². The van der Waals surface area contributed by atoms with Gasteiger partial charge in [0.15, 0.2) is 0 Å². The van der Waals surface area contributed by atoms with Crippen molar-refractivity contribution in [1.29, 1.82) is 0 Å². The fraction of sp³-hybridized carbons (Fsp3) is 0.368. The van der Waals surface area contributed by atoms with Crippen molar-refractivity contribution in [3.63, 3.8) is 0 Å². The molecule has 0 atom stereocenters. The van der Waals surface area contributed by atoms with E-state index >= 15 is 0 Å². The van der Waals surface area contributed by atoms with Gasteiger partial charge >= 0.3 is 6.18 Å². The number of alkyl halides is 3. The number of nitrogens with one attached hydrogen (secondary N) is 1. The first kappa shape index (κ1) is 19.2. The normalized spacial score (nSPS) is 15.6. The summed E-state index contributed by atoms with van der Waals surface area (Å²) in [5.74, 6) is 0.404. The highest BCUT2D eigenvalue weighted by Crippen LogP contribution is 2.29. The van der Waals surface area contributed by atoms with Crippen molar-refractivity contribution in [1.82, 2.24) is 9.88 Å². The Morgan fingerprint density at radius 1 is 1.07 bits per heavy atom. The van der Waals surface area contributed by atoms with Crippen molar-refractivity contribution in [2.45, 2.75) is 13.1 Å². The van der Waals surface area contributed by atoms with E-state index in [-0.39, 0.29) is 0 Å². The molecule has 5 nitrogen and oxygen atoms in total. The second-order valence-corrected chi connectivity index (χ2v) is 6.36. The Labute approximate surface area is 155 Å². The summed E-state index contributed by atoms with van der Waals surface area (Å²) >= 11 is 0. The summed E-state index contributed by atoms with van der Waals surface area (Å²) in [7, 11) is 0. The largest absolute Gasteiger partial charge is 0.416 e. The zero-order valence-corrected chi connectivity index (χ0v) is 15.0. The average molecular weight is 378 g/mol. The third-order valence-corrected chi connectivity index (χ3v) is 4.62. The Morgan fingerprint density at radius 3 is 2.26 bits per heavy atom. The molecule has 0 radical (unpaired) electrons. The second-order valence-electron chi connectivity index (χ2n) is 6.36. The Hall–Kier alpha value is -2.61. The van der Waals surface area contributed by atoms with Gasteiger partial charge in [0.1, 0.15) is 5.82 Å². The lowest BCUT2D eigenvalue weighted by atomic mass is 10.2. The van der Waals surface area contributed by atoms with E-state index in [0.29, 0.717) is 11.3 Å². The van der Waals surface area contributed by atoms with Crippen LogP contribution in [0.4, 0.5) is 24.7 Å². The summed E-state index contributed by atoms with van der Waals surface area (Å²) in [6, 6.07) is 7.81. The summed E-state index contributed by atoms with van der Waals surface area (Å²) in [6.07, 6.45) is -2.91. The van der Waals surface area contributed by atoms with Crippen LogP contribution in [0.25, 0.3) is 0 Å². The maximum atomic E-state index is 12.6. The fourth-order valence-corrected chi connectivity index (χ4v) is 2.95. The van der Waals surface area contributed by atoms with E-state index in [9.17, 15) is 18.0 Å². The zero-order valence-electron chi connectivity index (χ0n) is 15.0. The number of rotatable bonds is 4. The van der Waals surface area contributed by atoms with Gasteiger partial charge in [-0.15, -0.1) is 0 Å². The maximum absolute atomic E-state index is 12.6. The molecular formula is C19H21F3N4O. The fourth-order valence-electron chi connectivity index (χ4n) is 2.95. The predicted octanol–water partition coefficient (Wildman–Crippen LogP) is 3.49. The van der Waals surface area contributed by atoms with E-state index in [0.717, 1.165) is 50.7 Å². The van der Waals surface area contributed by atoms with Gasteiger partial charge < -0.3 is 15.1 Å². The van der Waals surface area contributed by atoms with Crippen LogP contribution in [0, 0.1) is 0 Å². The minimum Gasteiger partial charge on any atom is -0.354 e. The quantitative estimate of drug-likeness (QED) is 0.885. The molecule has 27 heavy (non-hydrogen) atoms. The molecule has 0 bridgehead atoms. The van der Waals surface area contributed by atoms with Gasteiger partial charge in [0.25, 0.3) is 5.91 Å². The Kier molecular flexibility index (Phi) is 5.65. The monoisotopic (exact) mass is 378 g/mol. The van der Waals surface area contributed by atoms with Crippen LogP contribution in [0.1, 0.15) is 22.8 Å². The number of anilines is 2. The van der Waals surface area contributed by atoms with Crippen LogP contribution in [0.3, 0.4) is 0 Å². The van der Waals surface area contributed by atoms with Crippen LogP contribution in [-0.4, -0.2) is 48.5 Å². The molecule has 1 fully saturated rings. The SMILES string of the molecule is CCN1CCN(c2ccc(C(=O)Nc3ccc(C(F)(F)F)cc3)cn2)CC1. The van der Waals surface area contributed by atoms with E-state index in [1.807, 2.05) is 0 Å². The summed E-state index contributed by atoms with van der Waals surface area (Å²) in [6.45, 7) is 6.90. The highest BCUT2D eigenvalue weighted by molar-refractivity contribution is 6.04. The van der Waals surface area contributed by atoms with Crippen molar-refractivity contribution in [3.8, 4) is 0 Å². The van der Waals surface area contributed by atoms with E-state index in [2.05, 4.69) is 27.0 Å². The molecule has 1 aliphatic rings. The lowest BCUT2D eigenvalue weighted by molar-refractivity contribution is -0.137. The predicted molar refractivity (Wildman–Crippen MR) is 98.0 cm³/mol. The number of likely N-dealkylation sites (N-methyl/N-ethyl adjacent to an activating group) is 1. The van der Waals surface area contributed by atoms with Crippen LogP contribution in [0.15, 0.2) is 42.6 Å². The van der Waals surface area contributed by atoms with Gasteiger partial charge in [-0.3, -0.25) is 4.79 Å². The van der Waals surface area contributed by atoms with Crippen LogP contribution >= 0.6 is 0 Å². The Morgan fingerprint density at radius 2 is 1.74 bits per heavy atom. The van der Waals surface area contributed by atoms with Gasteiger partial charge in [0, 0.05) is 38.1 Å². The number of carbonyl (C=O) groups is 1. The number of hydrogen-bond acceptors (Lipinski definition) is 4. The minimum absolute atomic E-state index is 0.299. The smallest absolute Gasteiger partial charge is 0.354 e. The molecule has 1 saturated heterocycles. The molecule has 1 aromatic carbocycles. The number of carbonyl (C=O) groups excluding carboxylic acids is 1. The number of amides is 1. The molecule has 1 aliphatic heterocycles. The molecular weight excluding hydrogens is 357 g/mol. The van der Waals surface area contributed by atoms with Crippen molar-refractivity contribution >= 4 is 17.4 Å². The summed E-state index contributed by atoms with van der Waals surface area (Å²) in [5, 5.41) is 2.58. The van der Waals surface area contributed by atoms with Crippen LogP contribution in [0.5, 0.6) is 0 Å². The van der Waals surface area contributed by atoms with Gasteiger partial charge in [0.05, 0.1) is 11.1 Å². The molecule has 1 aromatic heterocycles. The molecule has 0 spiro atoms. The number of hydrogen-bond donors (Lipinski definition) is 1. The average Bonchev–Trinajstić information content (AvgIpc) is 2.68. The van der Waals surface area contributed by atoms with Gasteiger partial charge in [-0.25, -0.2) is 4.98 Å². The number of aromatic nitrogens is 1. The van der Waals surface area contributed by atoms with Crippen molar-refractivity contribution in [2.24, 2.45) is 0 Å². The first-order valence-corrected chi connectivity index (χ1v) is 8.79. The number of piperazine rings is 1. The van der Waals surface area contributed by atoms with Crippen LogP contribution in [-0.2, 0) is 6.18 Å². The third kappa shape index (κ3) is 4.77. The Balaban J connectivity index is 1.61. The first-order valence-electron chi connectivity index (χ1n) is 8.79. The number of nitrogens with zero attached hydrogens (tertiary/aromatic N) is 3. The zero-order chi connectivity index (χ0) is 19.4. The molecule has 144 valence electrons. The maximum Gasteiger partial charge on any atom is 0.416 e. The molecule has 2 aromatic rings.